The summed E-state index contributed by atoms with van der Waals surface area (Å²) in [7, 11) is 0. The van der Waals surface area contributed by atoms with E-state index in [0.29, 0.717) is 6.04 Å². The van der Waals surface area contributed by atoms with Crippen LogP contribution in [0.4, 0.5) is 0 Å². The van der Waals surface area contributed by atoms with Crippen molar-refractivity contribution in [2.75, 3.05) is 0 Å². The second-order valence-electron chi connectivity index (χ2n) is 3.33. The van der Waals surface area contributed by atoms with Crippen LogP contribution in [-0.2, 0) is 0 Å². The summed E-state index contributed by atoms with van der Waals surface area (Å²) < 4.78 is 0. The molecule has 68 valence electrons. The standard InChI is InChI=1S/C10H12N2S/c1-7(2)12-5-4-9-10(8(12)3)13-6-11-9/h4-7H,3H2,1-2H3. The van der Waals surface area contributed by atoms with Gasteiger partial charge in [0, 0.05) is 12.2 Å². The fraction of sp³-hybridized carbons (Fsp3) is 0.300. The topological polar surface area (TPSA) is 16.1 Å². The average Bonchev–Trinajstić information content (AvgIpc) is 2.52. The normalized spacial score (nSPS) is 15.3. The van der Waals surface area contributed by atoms with Crippen LogP contribution in [0.1, 0.15) is 24.4 Å². The van der Waals surface area contributed by atoms with E-state index in [1.54, 1.807) is 11.3 Å². The van der Waals surface area contributed by atoms with Gasteiger partial charge in [0.1, 0.15) is 0 Å². The molecule has 0 unspecified atom stereocenters. The van der Waals surface area contributed by atoms with E-state index in [1.165, 1.54) is 4.88 Å². The molecule has 1 aliphatic rings. The van der Waals surface area contributed by atoms with Crippen molar-refractivity contribution < 1.29 is 0 Å². The molecule has 0 amide bonds. The lowest BCUT2D eigenvalue weighted by atomic mass is 10.2. The lowest BCUT2D eigenvalue weighted by Gasteiger charge is -2.28. The van der Waals surface area contributed by atoms with E-state index < -0.39 is 0 Å². The maximum atomic E-state index is 4.25. The summed E-state index contributed by atoms with van der Waals surface area (Å²) in [6.07, 6.45) is 4.09. The molecule has 1 aromatic heterocycles. The zero-order valence-electron chi connectivity index (χ0n) is 7.82. The molecular formula is C10H12N2S. The van der Waals surface area contributed by atoms with Crippen LogP contribution in [0.2, 0.25) is 0 Å². The maximum absolute atomic E-state index is 4.25. The van der Waals surface area contributed by atoms with Gasteiger partial charge in [-0.3, -0.25) is 0 Å². The molecule has 2 nitrogen and oxygen atoms in total. The van der Waals surface area contributed by atoms with Crippen LogP contribution in [0.25, 0.3) is 11.8 Å². The van der Waals surface area contributed by atoms with Crippen LogP contribution in [-0.4, -0.2) is 15.9 Å². The summed E-state index contributed by atoms with van der Waals surface area (Å²) in [6, 6.07) is 0.457. The highest BCUT2D eigenvalue weighted by Crippen LogP contribution is 2.31. The molecule has 0 saturated carbocycles. The maximum Gasteiger partial charge on any atom is 0.0847 e. The first-order valence-electron chi connectivity index (χ1n) is 4.29. The quantitative estimate of drug-likeness (QED) is 0.680. The van der Waals surface area contributed by atoms with Crippen molar-refractivity contribution in [3.05, 3.63) is 28.9 Å². The molecule has 0 spiro atoms. The predicted octanol–water partition coefficient (Wildman–Crippen LogP) is 2.81. The zero-order valence-corrected chi connectivity index (χ0v) is 8.64. The average molecular weight is 192 g/mol. The lowest BCUT2D eigenvalue weighted by molar-refractivity contribution is 0.439. The minimum absolute atomic E-state index is 0.457. The first-order chi connectivity index (χ1) is 6.20. The highest BCUT2D eigenvalue weighted by molar-refractivity contribution is 7.11. The second-order valence-corrected chi connectivity index (χ2v) is 4.18. The van der Waals surface area contributed by atoms with Gasteiger partial charge in [-0.1, -0.05) is 6.58 Å². The van der Waals surface area contributed by atoms with E-state index in [2.05, 4.69) is 36.5 Å². The lowest BCUT2D eigenvalue weighted by Crippen LogP contribution is -2.24. The first kappa shape index (κ1) is 8.51. The van der Waals surface area contributed by atoms with Crippen LogP contribution in [0, 0.1) is 0 Å². The molecule has 0 atom stereocenters. The Morgan fingerprint density at radius 1 is 1.54 bits per heavy atom. The molecule has 1 aliphatic heterocycles. The van der Waals surface area contributed by atoms with Gasteiger partial charge in [0.05, 0.1) is 21.8 Å². The second kappa shape index (κ2) is 3.00. The molecule has 1 aromatic rings. The van der Waals surface area contributed by atoms with Crippen LogP contribution >= 0.6 is 11.3 Å². The Hall–Kier alpha value is -1.09. The number of hydrogen-bond acceptors (Lipinski definition) is 3. The molecule has 2 rings (SSSR count). The molecule has 0 N–H and O–H groups in total. The SMILES string of the molecule is C=C1c2scnc2C=CN1C(C)C. The largest absolute Gasteiger partial charge is 0.345 e. The van der Waals surface area contributed by atoms with E-state index in [-0.39, 0.29) is 0 Å². The number of nitrogens with zero attached hydrogens (tertiary/aromatic N) is 2. The molecule has 0 fully saturated rings. The van der Waals surface area contributed by atoms with Gasteiger partial charge in [0.15, 0.2) is 0 Å². The third-order valence-corrected chi connectivity index (χ3v) is 3.01. The Balaban J connectivity index is 2.41. The smallest absolute Gasteiger partial charge is 0.0847 e. The summed E-state index contributed by atoms with van der Waals surface area (Å²) in [4.78, 5) is 7.60. The van der Waals surface area contributed by atoms with Crippen molar-refractivity contribution >= 4 is 23.1 Å². The predicted molar refractivity (Wildman–Crippen MR) is 57.2 cm³/mol. The van der Waals surface area contributed by atoms with E-state index in [4.69, 9.17) is 0 Å². The van der Waals surface area contributed by atoms with Crippen LogP contribution in [0.15, 0.2) is 18.3 Å². The summed E-state index contributed by atoms with van der Waals surface area (Å²) in [5.41, 5.74) is 3.98. The van der Waals surface area contributed by atoms with Gasteiger partial charge >= 0.3 is 0 Å². The monoisotopic (exact) mass is 192 g/mol. The molecular weight excluding hydrogens is 180 g/mol. The molecule has 0 aliphatic carbocycles. The Kier molecular flexibility index (Phi) is 1.96. The molecule has 0 aromatic carbocycles. The van der Waals surface area contributed by atoms with Gasteiger partial charge in [-0.2, -0.15) is 0 Å². The van der Waals surface area contributed by atoms with Crippen molar-refractivity contribution in [1.82, 2.24) is 9.88 Å². The van der Waals surface area contributed by atoms with Gasteiger partial charge in [-0.25, -0.2) is 4.98 Å². The number of aromatic nitrogens is 1. The summed E-state index contributed by atoms with van der Waals surface area (Å²) in [5.74, 6) is 0. The first-order valence-corrected chi connectivity index (χ1v) is 5.17. The van der Waals surface area contributed by atoms with E-state index in [0.717, 1.165) is 11.4 Å². The fourth-order valence-corrected chi connectivity index (χ4v) is 2.19. The summed E-state index contributed by atoms with van der Waals surface area (Å²) >= 11 is 1.65. The van der Waals surface area contributed by atoms with Gasteiger partial charge in [0.25, 0.3) is 0 Å². The van der Waals surface area contributed by atoms with E-state index in [9.17, 15) is 0 Å². The van der Waals surface area contributed by atoms with Crippen LogP contribution < -0.4 is 0 Å². The molecule has 0 saturated heterocycles. The van der Waals surface area contributed by atoms with Gasteiger partial charge in [0.2, 0.25) is 0 Å². The number of rotatable bonds is 1. The number of hydrogen-bond donors (Lipinski definition) is 0. The minimum atomic E-state index is 0.457. The van der Waals surface area contributed by atoms with Crippen molar-refractivity contribution in [1.29, 1.82) is 0 Å². The summed E-state index contributed by atoms with van der Waals surface area (Å²) in [5, 5.41) is 0. The van der Waals surface area contributed by atoms with Gasteiger partial charge in [-0.05, 0) is 19.9 Å². The van der Waals surface area contributed by atoms with E-state index >= 15 is 0 Å². The molecule has 13 heavy (non-hydrogen) atoms. The Bertz CT molecular complexity index is 363. The molecule has 3 heteroatoms. The van der Waals surface area contributed by atoms with Crippen molar-refractivity contribution in [2.24, 2.45) is 0 Å². The highest BCUT2D eigenvalue weighted by atomic mass is 32.1. The molecule has 0 bridgehead atoms. The Morgan fingerprint density at radius 2 is 2.31 bits per heavy atom. The third-order valence-electron chi connectivity index (χ3n) is 2.12. The summed E-state index contributed by atoms with van der Waals surface area (Å²) in [6.45, 7) is 8.38. The highest BCUT2D eigenvalue weighted by Gasteiger charge is 2.18. The van der Waals surface area contributed by atoms with Crippen molar-refractivity contribution in [3.8, 4) is 0 Å². The van der Waals surface area contributed by atoms with Gasteiger partial charge < -0.3 is 4.90 Å². The van der Waals surface area contributed by atoms with Crippen molar-refractivity contribution in [3.63, 3.8) is 0 Å². The molecule has 2 heterocycles. The fourth-order valence-electron chi connectivity index (χ4n) is 1.43. The Labute approximate surface area is 82.2 Å². The van der Waals surface area contributed by atoms with Crippen LogP contribution in [0.3, 0.4) is 0 Å². The van der Waals surface area contributed by atoms with Crippen LogP contribution in [0.5, 0.6) is 0 Å². The minimum Gasteiger partial charge on any atom is -0.345 e. The van der Waals surface area contributed by atoms with Gasteiger partial charge in [-0.15, -0.1) is 11.3 Å². The zero-order chi connectivity index (χ0) is 9.42. The Morgan fingerprint density at radius 3 is 3.00 bits per heavy atom. The number of thiazole rings is 1. The number of fused-ring (bicyclic) bond motifs is 1. The van der Waals surface area contributed by atoms with Crippen molar-refractivity contribution in [2.45, 2.75) is 19.9 Å². The van der Waals surface area contributed by atoms with E-state index in [1.807, 2.05) is 11.6 Å². The third kappa shape index (κ3) is 1.29. The molecule has 0 radical (unpaired) electrons.